The molecule has 2 heterocycles. The van der Waals surface area contributed by atoms with Gasteiger partial charge in [-0.05, 0) is 12.7 Å². The molecule has 2 rings (SSSR count). The zero-order valence-electron chi connectivity index (χ0n) is 11.0. The molecule has 18 heavy (non-hydrogen) atoms. The molecule has 0 fully saturated rings. The Bertz CT molecular complexity index is 492. The van der Waals surface area contributed by atoms with Crippen LogP contribution in [0, 0.1) is 0 Å². The smallest absolute Gasteiger partial charge is 0.114 e. The van der Waals surface area contributed by atoms with Crippen molar-refractivity contribution in [1.82, 2.24) is 20.0 Å². The van der Waals surface area contributed by atoms with Gasteiger partial charge in [0, 0.05) is 23.2 Å². The fourth-order valence-corrected chi connectivity index (χ4v) is 2.82. The van der Waals surface area contributed by atoms with E-state index < -0.39 is 0 Å². The molecule has 0 aliphatic heterocycles. The van der Waals surface area contributed by atoms with Gasteiger partial charge in [-0.2, -0.15) is 11.8 Å². The first-order valence-corrected chi connectivity index (χ1v) is 8.23. The summed E-state index contributed by atoms with van der Waals surface area (Å²) in [5, 5.41) is 12.2. The monoisotopic (exact) mass is 282 g/mol. The van der Waals surface area contributed by atoms with E-state index >= 15 is 0 Å². The molecular formula is C12H18N4S2. The van der Waals surface area contributed by atoms with E-state index in [1.807, 2.05) is 22.6 Å². The molecule has 0 aromatic carbocycles. The van der Waals surface area contributed by atoms with Crippen molar-refractivity contribution in [2.24, 2.45) is 0 Å². The summed E-state index contributed by atoms with van der Waals surface area (Å²) in [6, 6.07) is 0. The summed E-state index contributed by atoms with van der Waals surface area (Å²) in [7, 11) is 0. The van der Waals surface area contributed by atoms with Crippen LogP contribution in [0.15, 0.2) is 11.6 Å². The van der Waals surface area contributed by atoms with E-state index in [1.165, 1.54) is 0 Å². The van der Waals surface area contributed by atoms with Crippen LogP contribution >= 0.6 is 23.1 Å². The fraction of sp³-hybridized carbons (Fsp3) is 0.583. The maximum Gasteiger partial charge on any atom is 0.114 e. The number of hydrogen-bond donors (Lipinski definition) is 0. The molecule has 0 unspecified atom stereocenters. The van der Waals surface area contributed by atoms with Crippen LogP contribution in [0.5, 0.6) is 0 Å². The second-order valence-corrected chi connectivity index (χ2v) is 6.46. The Morgan fingerprint density at radius 1 is 1.44 bits per heavy atom. The molecule has 0 N–H and O–H groups in total. The number of thioether (sulfide) groups is 1. The minimum absolute atomic E-state index is 0.585. The second kappa shape index (κ2) is 6.33. The summed E-state index contributed by atoms with van der Waals surface area (Å²) in [4.78, 5) is 4.54. The van der Waals surface area contributed by atoms with Gasteiger partial charge in [-0.1, -0.05) is 19.1 Å². The molecule has 4 nitrogen and oxygen atoms in total. The fourth-order valence-electron chi connectivity index (χ4n) is 1.61. The number of aromatic nitrogens is 4. The van der Waals surface area contributed by atoms with Crippen LogP contribution in [0.4, 0.5) is 0 Å². The van der Waals surface area contributed by atoms with Gasteiger partial charge in [-0.25, -0.2) is 9.67 Å². The van der Waals surface area contributed by atoms with E-state index in [0.29, 0.717) is 5.25 Å². The van der Waals surface area contributed by atoms with Crippen molar-refractivity contribution < 1.29 is 0 Å². The van der Waals surface area contributed by atoms with E-state index in [2.05, 4.69) is 40.8 Å². The van der Waals surface area contributed by atoms with Crippen LogP contribution in [0.2, 0.25) is 0 Å². The maximum absolute atomic E-state index is 4.54. The molecule has 0 saturated heterocycles. The lowest BCUT2D eigenvalue weighted by molar-refractivity contribution is 0.645. The van der Waals surface area contributed by atoms with Crippen molar-refractivity contribution in [3.63, 3.8) is 0 Å². The van der Waals surface area contributed by atoms with Crippen LogP contribution in [0.1, 0.15) is 30.2 Å². The number of nitrogens with zero attached hydrogens (tertiary/aromatic N) is 4. The van der Waals surface area contributed by atoms with E-state index in [9.17, 15) is 0 Å². The second-order valence-electron chi connectivity index (χ2n) is 4.24. The van der Waals surface area contributed by atoms with E-state index in [-0.39, 0.29) is 0 Å². The minimum atomic E-state index is 0.585. The van der Waals surface area contributed by atoms with Gasteiger partial charge in [0.1, 0.15) is 5.01 Å². The van der Waals surface area contributed by atoms with Crippen molar-refractivity contribution in [3.8, 4) is 0 Å². The summed E-state index contributed by atoms with van der Waals surface area (Å²) in [5.74, 6) is 0. The van der Waals surface area contributed by atoms with Gasteiger partial charge in [-0.15, -0.1) is 16.4 Å². The summed E-state index contributed by atoms with van der Waals surface area (Å²) < 4.78 is 1.88. The lowest BCUT2D eigenvalue weighted by atomic mass is 10.3. The molecule has 2 aromatic heterocycles. The van der Waals surface area contributed by atoms with Crippen LogP contribution in [0.3, 0.4) is 0 Å². The molecule has 2 aromatic rings. The van der Waals surface area contributed by atoms with Gasteiger partial charge in [0.25, 0.3) is 0 Å². The van der Waals surface area contributed by atoms with Gasteiger partial charge < -0.3 is 0 Å². The Kier molecular flexibility index (Phi) is 4.77. The van der Waals surface area contributed by atoms with E-state index in [1.54, 1.807) is 11.3 Å². The average Bonchev–Trinajstić information content (AvgIpc) is 2.99. The predicted molar refractivity (Wildman–Crippen MR) is 77.3 cm³/mol. The molecule has 1 atom stereocenters. The largest absolute Gasteiger partial charge is 0.245 e. The highest BCUT2D eigenvalue weighted by Gasteiger charge is 2.07. The third-order valence-electron chi connectivity index (χ3n) is 2.74. The first kappa shape index (κ1) is 13.5. The maximum atomic E-state index is 4.54. The SMILES string of the molecule is CCc1csc(Cn2cc(C[C@H](C)SC)nn2)n1. The zero-order chi connectivity index (χ0) is 13.0. The van der Waals surface area contributed by atoms with Gasteiger partial charge >= 0.3 is 0 Å². The zero-order valence-corrected chi connectivity index (χ0v) is 12.6. The van der Waals surface area contributed by atoms with E-state index in [4.69, 9.17) is 0 Å². The Morgan fingerprint density at radius 2 is 2.28 bits per heavy atom. The molecule has 0 aliphatic carbocycles. The highest BCUT2D eigenvalue weighted by molar-refractivity contribution is 7.99. The van der Waals surface area contributed by atoms with Crippen molar-refractivity contribution >= 4 is 23.1 Å². The van der Waals surface area contributed by atoms with Gasteiger partial charge in [-0.3, -0.25) is 0 Å². The molecule has 0 spiro atoms. The summed E-state index contributed by atoms with van der Waals surface area (Å²) in [5.41, 5.74) is 2.22. The van der Waals surface area contributed by atoms with Crippen molar-refractivity contribution in [3.05, 3.63) is 28.0 Å². The van der Waals surface area contributed by atoms with Crippen LogP contribution in [-0.4, -0.2) is 31.5 Å². The standard InChI is InChI=1S/C12H18N4S2/c1-4-10-8-18-12(13-10)7-16-6-11(14-15-16)5-9(2)17-3/h6,8-9H,4-5,7H2,1-3H3/t9-/m0/s1. The molecule has 0 amide bonds. The Morgan fingerprint density at radius 3 is 2.94 bits per heavy atom. The normalized spacial score (nSPS) is 12.8. The molecule has 0 aliphatic rings. The lowest BCUT2D eigenvalue weighted by Crippen LogP contribution is -2.01. The number of hydrogen-bond acceptors (Lipinski definition) is 5. The predicted octanol–water partition coefficient (Wildman–Crippen LogP) is 2.64. The highest BCUT2D eigenvalue weighted by Crippen LogP contribution is 2.13. The van der Waals surface area contributed by atoms with Gasteiger partial charge in [0.05, 0.1) is 17.9 Å². The number of thiazole rings is 1. The van der Waals surface area contributed by atoms with Crippen LogP contribution < -0.4 is 0 Å². The topological polar surface area (TPSA) is 43.6 Å². The first-order chi connectivity index (χ1) is 8.71. The van der Waals surface area contributed by atoms with Crippen molar-refractivity contribution in [2.45, 2.75) is 38.5 Å². The summed E-state index contributed by atoms with van der Waals surface area (Å²) in [6.45, 7) is 5.06. The Hall–Kier alpha value is -0.880. The molecule has 0 radical (unpaired) electrons. The van der Waals surface area contributed by atoms with Crippen LogP contribution in [-0.2, 0) is 19.4 Å². The minimum Gasteiger partial charge on any atom is -0.245 e. The average molecular weight is 282 g/mol. The van der Waals surface area contributed by atoms with Gasteiger partial charge in [0.15, 0.2) is 0 Å². The Balaban J connectivity index is 1.97. The molecular weight excluding hydrogens is 264 g/mol. The Labute approximate surface area is 116 Å². The molecule has 0 saturated carbocycles. The van der Waals surface area contributed by atoms with Crippen LogP contribution in [0.25, 0.3) is 0 Å². The lowest BCUT2D eigenvalue weighted by Gasteiger charge is -2.03. The quantitative estimate of drug-likeness (QED) is 0.817. The van der Waals surface area contributed by atoms with Crippen molar-refractivity contribution in [1.29, 1.82) is 0 Å². The summed E-state index contributed by atoms with van der Waals surface area (Å²) in [6.07, 6.45) is 6.11. The summed E-state index contributed by atoms with van der Waals surface area (Å²) >= 11 is 3.54. The highest BCUT2D eigenvalue weighted by atomic mass is 32.2. The van der Waals surface area contributed by atoms with Crippen molar-refractivity contribution in [2.75, 3.05) is 6.26 Å². The first-order valence-electron chi connectivity index (χ1n) is 6.06. The van der Waals surface area contributed by atoms with Gasteiger partial charge in [0.2, 0.25) is 0 Å². The number of aryl methyl sites for hydroxylation is 1. The molecule has 0 bridgehead atoms. The number of rotatable bonds is 6. The molecule has 98 valence electrons. The third-order valence-corrected chi connectivity index (χ3v) is 4.60. The van der Waals surface area contributed by atoms with E-state index in [0.717, 1.165) is 35.8 Å². The molecule has 6 heteroatoms. The third kappa shape index (κ3) is 3.55.